The van der Waals surface area contributed by atoms with Crippen LogP contribution in [0.5, 0.6) is 0 Å². The zero-order valence-electron chi connectivity index (χ0n) is 11.7. The minimum atomic E-state index is -0.501. The fourth-order valence-electron chi connectivity index (χ4n) is 2.65. The highest BCUT2D eigenvalue weighted by atomic mass is 16.6. The summed E-state index contributed by atoms with van der Waals surface area (Å²) in [7, 11) is 0. The summed E-state index contributed by atoms with van der Waals surface area (Å²) in [4.78, 5) is 25.0. The molecule has 1 unspecified atom stereocenters. The third kappa shape index (κ3) is 2.80. The first-order chi connectivity index (χ1) is 9.52. The van der Waals surface area contributed by atoms with E-state index in [-0.39, 0.29) is 29.2 Å². The highest BCUT2D eigenvalue weighted by Crippen LogP contribution is 2.23. The average molecular weight is 277 g/mol. The van der Waals surface area contributed by atoms with E-state index in [1.165, 1.54) is 12.1 Å². The molecule has 20 heavy (non-hydrogen) atoms. The van der Waals surface area contributed by atoms with Gasteiger partial charge in [0.1, 0.15) is 5.56 Å². The van der Waals surface area contributed by atoms with E-state index in [0.717, 1.165) is 19.5 Å². The quantitative estimate of drug-likeness (QED) is 0.672. The van der Waals surface area contributed by atoms with Gasteiger partial charge in [-0.15, -0.1) is 0 Å². The monoisotopic (exact) mass is 277 g/mol. The molecule has 1 aromatic carbocycles. The molecule has 6 nitrogen and oxygen atoms in total. The van der Waals surface area contributed by atoms with E-state index < -0.39 is 4.92 Å². The zero-order chi connectivity index (χ0) is 14.7. The van der Waals surface area contributed by atoms with Crippen LogP contribution in [-0.4, -0.2) is 40.9 Å². The fraction of sp³-hybridized carbons (Fsp3) is 0.500. The van der Waals surface area contributed by atoms with Crippen LogP contribution >= 0.6 is 0 Å². The summed E-state index contributed by atoms with van der Waals surface area (Å²) in [5, 5.41) is 14.3. The molecule has 2 rings (SSSR count). The topological polar surface area (TPSA) is 75.5 Å². The summed E-state index contributed by atoms with van der Waals surface area (Å²) in [5.74, 6) is -0.263. The Labute approximate surface area is 117 Å². The SMILES string of the molecule is CC(C)N(C(=O)c1ccccc1[N+](=O)[O-])C1CCNC1. The molecule has 1 N–H and O–H groups in total. The van der Waals surface area contributed by atoms with Gasteiger partial charge in [0, 0.05) is 24.7 Å². The molecule has 1 aliphatic rings. The molecule has 6 heteroatoms. The van der Waals surface area contributed by atoms with Gasteiger partial charge in [-0.05, 0) is 32.9 Å². The molecule has 108 valence electrons. The zero-order valence-corrected chi connectivity index (χ0v) is 11.7. The first-order valence-electron chi connectivity index (χ1n) is 6.79. The van der Waals surface area contributed by atoms with Crippen LogP contribution in [0.1, 0.15) is 30.6 Å². The van der Waals surface area contributed by atoms with E-state index in [1.54, 1.807) is 17.0 Å². The predicted octanol–water partition coefficient (Wildman–Crippen LogP) is 1.81. The molecule has 0 radical (unpaired) electrons. The second kappa shape index (κ2) is 6.00. The Bertz CT molecular complexity index is 510. The van der Waals surface area contributed by atoms with Crippen molar-refractivity contribution >= 4 is 11.6 Å². The number of carbonyl (C=O) groups is 1. The number of carbonyl (C=O) groups excluding carboxylic acids is 1. The molecule has 0 aromatic heterocycles. The number of benzene rings is 1. The molecule has 0 saturated carbocycles. The van der Waals surface area contributed by atoms with Gasteiger partial charge in [0.05, 0.1) is 4.92 Å². The van der Waals surface area contributed by atoms with E-state index in [9.17, 15) is 14.9 Å². The normalized spacial score (nSPS) is 18.2. The molecule has 1 heterocycles. The maximum atomic E-state index is 12.7. The molecule has 1 atom stereocenters. The Morgan fingerprint density at radius 1 is 1.45 bits per heavy atom. The lowest BCUT2D eigenvalue weighted by Crippen LogP contribution is -2.46. The number of hydrogen-bond donors (Lipinski definition) is 1. The maximum Gasteiger partial charge on any atom is 0.282 e. The van der Waals surface area contributed by atoms with Gasteiger partial charge in [0.25, 0.3) is 11.6 Å². The summed E-state index contributed by atoms with van der Waals surface area (Å²) in [6.45, 7) is 5.48. The van der Waals surface area contributed by atoms with Crippen LogP contribution in [0.2, 0.25) is 0 Å². The van der Waals surface area contributed by atoms with Crippen molar-refractivity contribution in [3.63, 3.8) is 0 Å². The van der Waals surface area contributed by atoms with Crippen molar-refractivity contribution in [1.82, 2.24) is 10.2 Å². The molecule has 1 saturated heterocycles. The fourth-order valence-corrected chi connectivity index (χ4v) is 2.65. The highest BCUT2D eigenvalue weighted by Gasteiger charge is 2.32. The van der Waals surface area contributed by atoms with Gasteiger partial charge in [-0.2, -0.15) is 0 Å². The number of rotatable bonds is 4. The smallest absolute Gasteiger partial charge is 0.282 e. The lowest BCUT2D eigenvalue weighted by Gasteiger charge is -2.32. The van der Waals surface area contributed by atoms with Gasteiger partial charge < -0.3 is 10.2 Å². The minimum Gasteiger partial charge on any atom is -0.332 e. The second-order valence-electron chi connectivity index (χ2n) is 5.23. The number of para-hydroxylation sites is 1. The van der Waals surface area contributed by atoms with Gasteiger partial charge in [0.2, 0.25) is 0 Å². The molecule has 0 spiro atoms. The van der Waals surface area contributed by atoms with Crippen molar-refractivity contribution < 1.29 is 9.72 Å². The van der Waals surface area contributed by atoms with Crippen LogP contribution in [0.3, 0.4) is 0 Å². The van der Waals surface area contributed by atoms with E-state index in [4.69, 9.17) is 0 Å². The van der Waals surface area contributed by atoms with Crippen molar-refractivity contribution in [2.24, 2.45) is 0 Å². The third-order valence-corrected chi connectivity index (χ3v) is 3.55. The Morgan fingerprint density at radius 3 is 2.70 bits per heavy atom. The van der Waals surface area contributed by atoms with E-state index >= 15 is 0 Å². The molecule has 1 amide bonds. The summed E-state index contributed by atoms with van der Waals surface area (Å²) >= 11 is 0. The van der Waals surface area contributed by atoms with Crippen molar-refractivity contribution in [1.29, 1.82) is 0 Å². The van der Waals surface area contributed by atoms with Gasteiger partial charge in [0.15, 0.2) is 0 Å². The first kappa shape index (κ1) is 14.5. The number of amides is 1. The largest absolute Gasteiger partial charge is 0.332 e. The molecule has 0 aliphatic carbocycles. The Hall–Kier alpha value is -1.95. The van der Waals surface area contributed by atoms with Crippen LogP contribution in [0.15, 0.2) is 24.3 Å². The second-order valence-corrected chi connectivity index (χ2v) is 5.23. The van der Waals surface area contributed by atoms with Gasteiger partial charge in [-0.3, -0.25) is 14.9 Å². The Kier molecular flexibility index (Phi) is 4.34. The summed E-state index contributed by atoms with van der Waals surface area (Å²) in [6, 6.07) is 6.24. The molecular formula is C14H19N3O3. The van der Waals surface area contributed by atoms with Crippen molar-refractivity contribution in [2.45, 2.75) is 32.4 Å². The van der Waals surface area contributed by atoms with Crippen molar-refractivity contribution in [3.8, 4) is 0 Å². The number of nitrogens with one attached hydrogen (secondary N) is 1. The number of hydrogen-bond acceptors (Lipinski definition) is 4. The number of nitro benzene ring substituents is 1. The van der Waals surface area contributed by atoms with Crippen LogP contribution in [0.25, 0.3) is 0 Å². The first-order valence-corrected chi connectivity index (χ1v) is 6.79. The van der Waals surface area contributed by atoms with Gasteiger partial charge >= 0.3 is 0 Å². The molecule has 1 fully saturated rings. The minimum absolute atomic E-state index is 0.00668. The van der Waals surface area contributed by atoms with Crippen molar-refractivity contribution in [2.75, 3.05) is 13.1 Å². The Morgan fingerprint density at radius 2 is 2.15 bits per heavy atom. The van der Waals surface area contributed by atoms with Crippen LogP contribution < -0.4 is 5.32 Å². The molecule has 1 aliphatic heterocycles. The van der Waals surface area contributed by atoms with Crippen molar-refractivity contribution in [3.05, 3.63) is 39.9 Å². The van der Waals surface area contributed by atoms with Crippen LogP contribution in [0.4, 0.5) is 5.69 Å². The van der Waals surface area contributed by atoms with E-state index in [2.05, 4.69) is 5.32 Å². The molecule has 1 aromatic rings. The number of nitrogens with zero attached hydrogens (tertiary/aromatic N) is 2. The van der Waals surface area contributed by atoms with E-state index in [1.807, 2.05) is 13.8 Å². The van der Waals surface area contributed by atoms with Gasteiger partial charge in [-0.1, -0.05) is 12.1 Å². The lowest BCUT2D eigenvalue weighted by molar-refractivity contribution is -0.385. The maximum absolute atomic E-state index is 12.7. The number of nitro groups is 1. The van der Waals surface area contributed by atoms with Crippen LogP contribution in [-0.2, 0) is 0 Å². The molecular weight excluding hydrogens is 258 g/mol. The summed E-state index contributed by atoms with van der Waals surface area (Å²) in [5.41, 5.74) is 0.0345. The lowest BCUT2D eigenvalue weighted by atomic mass is 10.1. The van der Waals surface area contributed by atoms with Gasteiger partial charge in [-0.25, -0.2) is 0 Å². The summed E-state index contributed by atoms with van der Waals surface area (Å²) in [6.07, 6.45) is 0.880. The third-order valence-electron chi connectivity index (χ3n) is 3.55. The predicted molar refractivity (Wildman–Crippen MR) is 75.7 cm³/mol. The standard InChI is InChI=1S/C14H19N3O3/c1-10(2)16(11-7-8-15-9-11)14(18)12-5-3-4-6-13(12)17(19)20/h3-6,10-11,15H,7-9H2,1-2H3. The highest BCUT2D eigenvalue weighted by molar-refractivity contribution is 5.98. The molecule has 0 bridgehead atoms. The average Bonchev–Trinajstić information content (AvgIpc) is 2.92. The van der Waals surface area contributed by atoms with E-state index in [0.29, 0.717) is 0 Å². The Balaban J connectivity index is 2.34. The van der Waals surface area contributed by atoms with Crippen LogP contribution in [0, 0.1) is 10.1 Å². The summed E-state index contributed by atoms with van der Waals surface area (Å²) < 4.78 is 0.